The highest BCUT2D eigenvalue weighted by Crippen LogP contribution is 2.22. The zero-order valence-corrected chi connectivity index (χ0v) is 11.4. The Hall–Kier alpha value is -2.80. The fraction of sp³-hybridized carbons (Fsp3) is 0.125. The van der Waals surface area contributed by atoms with Crippen LogP contribution in [0.15, 0.2) is 42.5 Å². The number of nitrogens with one attached hydrogen (secondary N) is 1. The number of allylic oxidation sites excluding steroid dienone is 1. The predicted octanol–water partition coefficient (Wildman–Crippen LogP) is 2.50. The normalized spacial score (nSPS) is 9.80. The summed E-state index contributed by atoms with van der Waals surface area (Å²) in [6.07, 6.45) is 5.99. The van der Waals surface area contributed by atoms with E-state index in [9.17, 15) is 0 Å². The molecule has 0 atom stereocenters. The molecule has 0 bridgehead atoms. The van der Waals surface area contributed by atoms with Gasteiger partial charge in [0.25, 0.3) is 0 Å². The second-order valence-corrected chi connectivity index (χ2v) is 4.37. The summed E-state index contributed by atoms with van der Waals surface area (Å²) in [5, 5.41) is 2.96. The molecule has 2 rings (SSSR count). The number of rotatable bonds is 4. The molecule has 1 heterocycles. The maximum absolute atomic E-state index is 5.71. The van der Waals surface area contributed by atoms with E-state index >= 15 is 0 Å². The number of nitrogens with two attached hydrogens (primary N) is 1. The molecule has 0 spiro atoms. The average Bonchev–Trinajstić information content (AvgIpc) is 2.46. The first-order valence-electron chi connectivity index (χ1n) is 6.18. The number of anilines is 2. The third-order valence-electron chi connectivity index (χ3n) is 2.84. The topological polar surface area (TPSA) is 63.8 Å². The highest BCUT2D eigenvalue weighted by molar-refractivity contribution is 5.64. The van der Waals surface area contributed by atoms with Crippen molar-refractivity contribution in [2.75, 3.05) is 18.1 Å². The number of hydrogen-bond donors (Lipinski definition) is 2. The van der Waals surface area contributed by atoms with E-state index < -0.39 is 0 Å². The second kappa shape index (κ2) is 5.89. The van der Waals surface area contributed by atoms with E-state index in [-0.39, 0.29) is 5.95 Å². The molecule has 2 aromatic rings. The van der Waals surface area contributed by atoms with Gasteiger partial charge in [0.05, 0.1) is 5.69 Å². The molecule has 1 aromatic carbocycles. The van der Waals surface area contributed by atoms with E-state index in [1.165, 1.54) is 0 Å². The Labute approximate surface area is 118 Å². The van der Waals surface area contributed by atoms with Gasteiger partial charge in [-0.3, -0.25) is 0 Å². The lowest BCUT2D eigenvalue weighted by molar-refractivity contribution is 1.17. The predicted molar refractivity (Wildman–Crippen MR) is 83.1 cm³/mol. The summed E-state index contributed by atoms with van der Waals surface area (Å²) in [7, 11) is 1.79. The number of aromatic nitrogens is 2. The van der Waals surface area contributed by atoms with Crippen molar-refractivity contribution in [3.8, 4) is 23.6 Å². The molecule has 100 valence electrons. The van der Waals surface area contributed by atoms with E-state index in [4.69, 9.17) is 12.2 Å². The van der Waals surface area contributed by atoms with Gasteiger partial charge in [-0.1, -0.05) is 30.7 Å². The maximum Gasteiger partial charge on any atom is 0.222 e. The average molecular weight is 264 g/mol. The lowest BCUT2D eigenvalue weighted by Gasteiger charge is -2.07. The summed E-state index contributed by atoms with van der Waals surface area (Å²) < 4.78 is 0. The van der Waals surface area contributed by atoms with Crippen LogP contribution < -0.4 is 11.1 Å². The quantitative estimate of drug-likeness (QED) is 0.833. The van der Waals surface area contributed by atoms with Gasteiger partial charge in [0.2, 0.25) is 5.95 Å². The van der Waals surface area contributed by atoms with E-state index in [0.29, 0.717) is 12.2 Å². The molecule has 0 unspecified atom stereocenters. The fourth-order valence-corrected chi connectivity index (χ4v) is 1.88. The third kappa shape index (κ3) is 3.15. The second-order valence-electron chi connectivity index (χ2n) is 4.37. The van der Waals surface area contributed by atoms with E-state index in [2.05, 4.69) is 27.8 Å². The highest BCUT2D eigenvalue weighted by Gasteiger charge is 2.05. The first-order valence-corrected chi connectivity index (χ1v) is 6.18. The molecule has 0 amide bonds. The zero-order valence-electron chi connectivity index (χ0n) is 11.4. The van der Waals surface area contributed by atoms with Crippen LogP contribution in [0.2, 0.25) is 0 Å². The van der Waals surface area contributed by atoms with Crippen molar-refractivity contribution in [1.29, 1.82) is 0 Å². The molecule has 1 aromatic heterocycles. The van der Waals surface area contributed by atoms with Crippen LogP contribution in [0.1, 0.15) is 5.56 Å². The Morgan fingerprint density at radius 3 is 2.90 bits per heavy atom. The number of nitrogens with zero attached hydrogens (tertiary/aromatic N) is 2. The Kier molecular flexibility index (Phi) is 4.02. The minimum atomic E-state index is 0.241. The van der Waals surface area contributed by atoms with E-state index in [0.717, 1.165) is 22.4 Å². The first kappa shape index (κ1) is 13.6. The standard InChI is InChI=1S/C16H16N4/c1-4-11(2)8-12-6-5-7-13(9-12)14-10-15(18-3)20-16(17)19-14/h1,5-7,9-10H,2,8H2,3H3,(H3,17,18,19,20). The van der Waals surface area contributed by atoms with Gasteiger partial charge >= 0.3 is 0 Å². The minimum absolute atomic E-state index is 0.241. The smallest absolute Gasteiger partial charge is 0.222 e. The van der Waals surface area contributed by atoms with Crippen molar-refractivity contribution >= 4 is 11.8 Å². The number of benzene rings is 1. The zero-order chi connectivity index (χ0) is 14.5. The first-order chi connectivity index (χ1) is 9.62. The summed E-state index contributed by atoms with van der Waals surface area (Å²) in [5.41, 5.74) is 9.29. The number of nitrogen functional groups attached to an aromatic ring is 1. The largest absolute Gasteiger partial charge is 0.373 e. The summed E-state index contributed by atoms with van der Waals surface area (Å²) in [6, 6.07) is 9.83. The van der Waals surface area contributed by atoms with E-state index in [1.807, 2.05) is 30.3 Å². The van der Waals surface area contributed by atoms with Gasteiger partial charge in [0.1, 0.15) is 5.82 Å². The maximum atomic E-state index is 5.71. The molecular formula is C16H16N4. The van der Waals surface area contributed by atoms with Crippen LogP contribution in [0.25, 0.3) is 11.3 Å². The van der Waals surface area contributed by atoms with Gasteiger partial charge in [-0.2, -0.15) is 4.98 Å². The van der Waals surface area contributed by atoms with Crippen LogP contribution in [-0.2, 0) is 6.42 Å². The molecule has 0 saturated carbocycles. The van der Waals surface area contributed by atoms with Crippen LogP contribution in [0, 0.1) is 12.3 Å². The van der Waals surface area contributed by atoms with Crippen LogP contribution in [0.4, 0.5) is 11.8 Å². The molecule has 4 heteroatoms. The minimum Gasteiger partial charge on any atom is -0.373 e. The highest BCUT2D eigenvalue weighted by atomic mass is 15.1. The molecule has 0 radical (unpaired) electrons. The Morgan fingerprint density at radius 1 is 1.40 bits per heavy atom. The Balaban J connectivity index is 2.38. The van der Waals surface area contributed by atoms with Crippen molar-refractivity contribution < 1.29 is 0 Å². The van der Waals surface area contributed by atoms with Crippen LogP contribution in [-0.4, -0.2) is 17.0 Å². The van der Waals surface area contributed by atoms with Crippen LogP contribution in [0.5, 0.6) is 0 Å². The molecule has 20 heavy (non-hydrogen) atoms. The van der Waals surface area contributed by atoms with Gasteiger partial charge in [-0.25, -0.2) is 4.98 Å². The summed E-state index contributed by atoms with van der Waals surface area (Å²) in [6.45, 7) is 3.82. The Morgan fingerprint density at radius 2 is 2.20 bits per heavy atom. The monoisotopic (exact) mass is 264 g/mol. The van der Waals surface area contributed by atoms with Gasteiger partial charge in [-0.05, 0) is 17.2 Å². The molecule has 0 aliphatic rings. The summed E-state index contributed by atoms with van der Waals surface area (Å²) in [4.78, 5) is 8.33. The van der Waals surface area contributed by atoms with Crippen molar-refractivity contribution in [2.24, 2.45) is 0 Å². The van der Waals surface area contributed by atoms with Gasteiger partial charge < -0.3 is 11.1 Å². The van der Waals surface area contributed by atoms with Crippen molar-refractivity contribution in [2.45, 2.75) is 6.42 Å². The SMILES string of the molecule is C#CC(=C)Cc1cccc(-c2cc(NC)nc(N)n2)c1. The molecule has 3 N–H and O–H groups in total. The third-order valence-corrected chi connectivity index (χ3v) is 2.84. The summed E-state index contributed by atoms with van der Waals surface area (Å²) >= 11 is 0. The molecule has 0 aliphatic carbocycles. The van der Waals surface area contributed by atoms with Crippen LogP contribution in [0.3, 0.4) is 0 Å². The summed E-state index contributed by atoms with van der Waals surface area (Å²) in [5.74, 6) is 3.48. The van der Waals surface area contributed by atoms with Gasteiger partial charge in [-0.15, -0.1) is 6.42 Å². The fourth-order valence-electron chi connectivity index (χ4n) is 1.88. The van der Waals surface area contributed by atoms with Crippen molar-refractivity contribution in [3.05, 3.63) is 48.0 Å². The van der Waals surface area contributed by atoms with Crippen molar-refractivity contribution in [3.63, 3.8) is 0 Å². The lowest BCUT2D eigenvalue weighted by Crippen LogP contribution is -2.01. The number of hydrogen-bond acceptors (Lipinski definition) is 4. The van der Waals surface area contributed by atoms with Crippen LogP contribution >= 0.6 is 0 Å². The lowest BCUT2D eigenvalue weighted by atomic mass is 10.0. The van der Waals surface area contributed by atoms with E-state index in [1.54, 1.807) is 7.05 Å². The molecule has 0 fully saturated rings. The molecule has 0 aliphatic heterocycles. The Bertz CT molecular complexity index is 683. The molecule has 0 saturated heterocycles. The van der Waals surface area contributed by atoms with Gasteiger partial charge in [0, 0.05) is 25.1 Å². The number of terminal acetylenes is 1. The van der Waals surface area contributed by atoms with Gasteiger partial charge in [0.15, 0.2) is 0 Å². The molecule has 4 nitrogen and oxygen atoms in total. The molecular weight excluding hydrogens is 248 g/mol. The van der Waals surface area contributed by atoms with Crippen molar-refractivity contribution in [1.82, 2.24) is 9.97 Å².